The van der Waals surface area contributed by atoms with Gasteiger partial charge in [0.1, 0.15) is 0 Å². The van der Waals surface area contributed by atoms with E-state index in [9.17, 15) is 4.79 Å². The summed E-state index contributed by atoms with van der Waals surface area (Å²) in [6, 6.07) is 10.1. The van der Waals surface area contributed by atoms with E-state index < -0.39 is 0 Å². The zero-order chi connectivity index (χ0) is 12.0. The lowest BCUT2D eigenvalue weighted by Crippen LogP contribution is -2.35. The maximum atomic E-state index is 11.3. The van der Waals surface area contributed by atoms with Crippen LogP contribution in [-0.4, -0.2) is 18.2 Å². The minimum Gasteiger partial charge on any atom is -0.447 e. The number of carbonyl (C=O) groups is 1. The minimum atomic E-state index is -0.349. The molecule has 0 aromatic heterocycles. The summed E-state index contributed by atoms with van der Waals surface area (Å²) in [6.45, 7) is 5.64. The molecule has 3 nitrogen and oxygen atoms in total. The van der Waals surface area contributed by atoms with Gasteiger partial charge in [0.25, 0.3) is 0 Å². The Morgan fingerprint density at radius 2 is 1.88 bits per heavy atom. The highest BCUT2D eigenvalue weighted by Gasteiger charge is 2.09. The van der Waals surface area contributed by atoms with Crippen LogP contribution in [0.2, 0.25) is 0 Å². The average molecular weight is 221 g/mol. The van der Waals surface area contributed by atoms with E-state index in [-0.39, 0.29) is 18.2 Å². The Morgan fingerprint density at radius 3 is 2.44 bits per heavy atom. The first-order chi connectivity index (χ1) is 7.58. The van der Waals surface area contributed by atoms with Crippen LogP contribution in [0, 0.1) is 0 Å². The molecule has 0 bridgehead atoms. The van der Waals surface area contributed by atoms with Gasteiger partial charge in [-0.15, -0.1) is 0 Å². The van der Waals surface area contributed by atoms with Crippen molar-refractivity contribution in [3.05, 3.63) is 35.9 Å². The lowest BCUT2D eigenvalue weighted by Gasteiger charge is -2.15. The van der Waals surface area contributed by atoms with Crippen LogP contribution >= 0.6 is 0 Å². The standard InChI is InChI=1S/C13H19NO2/c1-10(2)16-13(15)14-11(3)9-12-7-5-4-6-8-12/h4-8,10-11H,9H2,1-3H3,(H,14,15). The summed E-state index contributed by atoms with van der Waals surface area (Å²) in [6.07, 6.45) is 0.385. The van der Waals surface area contributed by atoms with E-state index in [0.29, 0.717) is 0 Å². The fourth-order valence-corrected chi connectivity index (χ4v) is 1.47. The molecule has 1 atom stereocenters. The van der Waals surface area contributed by atoms with Crippen molar-refractivity contribution in [1.82, 2.24) is 5.32 Å². The third-order valence-corrected chi connectivity index (χ3v) is 2.09. The molecule has 1 aromatic rings. The minimum absolute atomic E-state index is 0.0775. The molecule has 1 aromatic carbocycles. The summed E-state index contributed by atoms with van der Waals surface area (Å²) in [5.41, 5.74) is 1.21. The highest BCUT2D eigenvalue weighted by Crippen LogP contribution is 2.03. The van der Waals surface area contributed by atoms with Crippen LogP contribution in [0.1, 0.15) is 26.3 Å². The summed E-state index contributed by atoms with van der Waals surface area (Å²) in [7, 11) is 0. The van der Waals surface area contributed by atoms with E-state index in [4.69, 9.17) is 4.74 Å². The number of rotatable bonds is 4. The number of ether oxygens (including phenoxy) is 1. The van der Waals surface area contributed by atoms with Crippen LogP contribution in [0.4, 0.5) is 4.79 Å². The summed E-state index contributed by atoms with van der Waals surface area (Å²) in [4.78, 5) is 11.3. The third-order valence-electron chi connectivity index (χ3n) is 2.09. The number of nitrogens with one attached hydrogen (secondary N) is 1. The van der Waals surface area contributed by atoms with E-state index in [0.717, 1.165) is 6.42 Å². The molecule has 0 aliphatic carbocycles. The molecule has 1 N–H and O–H groups in total. The second-order valence-corrected chi connectivity index (χ2v) is 4.19. The molecule has 1 rings (SSSR count). The Labute approximate surface area is 96.8 Å². The molecule has 3 heteroatoms. The monoisotopic (exact) mass is 221 g/mol. The van der Waals surface area contributed by atoms with Gasteiger partial charge in [-0.05, 0) is 32.8 Å². The van der Waals surface area contributed by atoms with Crippen molar-refractivity contribution in [1.29, 1.82) is 0 Å². The highest BCUT2D eigenvalue weighted by molar-refractivity contribution is 5.67. The van der Waals surface area contributed by atoms with Crippen molar-refractivity contribution < 1.29 is 9.53 Å². The third kappa shape index (κ3) is 4.82. The van der Waals surface area contributed by atoms with Crippen LogP contribution in [0.5, 0.6) is 0 Å². The molecule has 1 amide bonds. The quantitative estimate of drug-likeness (QED) is 0.849. The first kappa shape index (κ1) is 12.6. The molecule has 0 heterocycles. The molecular weight excluding hydrogens is 202 g/mol. The molecule has 0 radical (unpaired) electrons. The van der Waals surface area contributed by atoms with Gasteiger partial charge < -0.3 is 10.1 Å². The topological polar surface area (TPSA) is 38.3 Å². The van der Waals surface area contributed by atoms with Gasteiger partial charge in [0.2, 0.25) is 0 Å². The number of hydrogen-bond acceptors (Lipinski definition) is 2. The van der Waals surface area contributed by atoms with Crippen molar-refractivity contribution in [2.75, 3.05) is 0 Å². The van der Waals surface area contributed by atoms with E-state index in [1.54, 1.807) is 0 Å². The SMILES string of the molecule is CC(Cc1ccccc1)NC(=O)OC(C)C. The predicted octanol–water partition coefficient (Wildman–Crippen LogP) is 2.75. The fourth-order valence-electron chi connectivity index (χ4n) is 1.47. The van der Waals surface area contributed by atoms with Crippen LogP contribution in [-0.2, 0) is 11.2 Å². The average Bonchev–Trinajstić information content (AvgIpc) is 2.17. The van der Waals surface area contributed by atoms with Crippen LogP contribution in [0.15, 0.2) is 30.3 Å². The Kier molecular flexibility index (Phi) is 4.83. The highest BCUT2D eigenvalue weighted by atomic mass is 16.6. The van der Waals surface area contributed by atoms with E-state index in [1.807, 2.05) is 51.1 Å². The summed E-state index contributed by atoms with van der Waals surface area (Å²) < 4.78 is 5.01. The lowest BCUT2D eigenvalue weighted by atomic mass is 10.1. The smallest absolute Gasteiger partial charge is 0.407 e. The van der Waals surface area contributed by atoms with Crippen molar-refractivity contribution in [2.45, 2.75) is 39.3 Å². The molecule has 0 saturated carbocycles. The van der Waals surface area contributed by atoms with Gasteiger partial charge in [-0.2, -0.15) is 0 Å². The van der Waals surface area contributed by atoms with Crippen molar-refractivity contribution in [2.24, 2.45) is 0 Å². The van der Waals surface area contributed by atoms with E-state index in [2.05, 4.69) is 5.32 Å². The van der Waals surface area contributed by atoms with E-state index >= 15 is 0 Å². The first-order valence-corrected chi connectivity index (χ1v) is 5.59. The Balaban J connectivity index is 2.36. The van der Waals surface area contributed by atoms with Gasteiger partial charge in [-0.3, -0.25) is 0 Å². The largest absolute Gasteiger partial charge is 0.447 e. The normalized spacial score (nSPS) is 12.2. The number of hydrogen-bond donors (Lipinski definition) is 1. The van der Waals surface area contributed by atoms with Gasteiger partial charge >= 0.3 is 6.09 Å². The second kappa shape index (κ2) is 6.16. The van der Waals surface area contributed by atoms with Crippen LogP contribution < -0.4 is 5.32 Å². The van der Waals surface area contributed by atoms with Crippen LogP contribution in [0.3, 0.4) is 0 Å². The Bertz CT molecular complexity index is 322. The Morgan fingerprint density at radius 1 is 1.25 bits per heavy atom. The summed E-state index contributed by atoms with van der Waals surface area (Å²) in [5, 5.41) is 2.80. The zero-order valence-corrected chi connectivity index (χ0v) is 10.1. The van der Waals surface area contributed by atoms with E-state index in [1.165, 1.54) is 5.56 Å². The molecule has 1 unspecified atom stereocenters. The number of carbonyl (C=O) groups excluding carboxylic acids is 1. The first-order valence-electron chi connectivity index (χ1n) is 5.59. The van der Waals surface area contributed by atoms with Gasteiger partial charge in [-0.25, -0.2) is 4.79 Å². The van der Waals surface area contributed by atoms with Gasteiger partial charge in [0.05, 0.1) is 6.10 Å². The van der Waals surface area contributed by atoms with Crippen molar-refractivity contribution in [3.63, 3.8) is 0 Å². The molecule has 88 valence electrons. The van der Waals surface area contributed by atoms with Crippen molar-refractivity contribution in [3.8, 4) is 0 Å². The molecule has 0 saturated heterocycles. The molecule has 16 heavy (non-hydrogen) atoms. The summed E-state index contributed by atoms with van der Waals surface area (Å²) >= 11 is 0. The fraction of sp³-hybridized carbons (Fsp3) is 0.462. The molecule has 0 aliphatic heterocycles. The van der Waals surface area contributed by atoms with Gasteiger partial charge in [-0.1, -0.05) is 30.3 Å². The molecule has 0 fully saturated rings. The Hall–Kier alpha value is -1.51. The number of alkyl carbamates (subject to hydrolysis) is 1. The zero-order valence-electron chi connectivity index (χ0n) is 10.1. The second-order valence-electron chi connectivity index (χ2n) is 4.19. The van der Waals surface area contributed by atoms with Crippen LogP contribution in [0.25, 0.3) is 0 Å². The molecule has 0 aliphatic rings. The number of benzene rings is 1. The maximum absolute atomic E-state index is 11.3. The lowest BCUT2D eigenvalue weighted by molar-refractivity contribution is 0.113. The molecular formula is C13H19NO2. The van der Waals surface area contributed by atoms with Gasteiger partial charge in [0, 0.05) is 6.04 Å². The maximum Gasteiger partial charge on any atom is 0.407 e. The van der Waals surface area contributed by atoms with Gasteiger partial charge in [0.15, 0.2) is 0 Å². The predicted molar refractivity (Wildman–Crippen MR) is 64.4 cm³/mol. The summed E-state index contributed by atoms with van der Waals surface area (Å²) in [5.74, 6) is 0. The number of amides is 1. The van der Waals surface area contributed by atoms with Crippen molar-refractivity contribution >= 4 is 6.09 Å². The molecule has 0 spiro atoms.